The second kappa shape index (κ2) is 4.91. The Labute approximate surface area is 103 Å². The first-order valence-corrected chi connectivity index (χ1v) is 5.39. The SMILES string of the molecule is CC(=O)CC(=O)Nc1cc(F)cc2cnccc12. The Morgan fingerprint density at radius 2 is 2.17 bits per heavy atom. The van der Waals surface area contributed by atoms with Crippen LogP contribution < -0.4 is 5.32 Å². The van der Waals surface area contributed by atoms with Crippen molar-refractivity contribution in [2.24, 2.45) is 0 Å². The number of fused-ring (bicyclic) bond motifs is 1. The summed E-state index contributed by atoms with van der Waals surface area (Å²) >= 11 is 0. The molecule has 0 aliphatic heterocycles. The topological polar surface area (TPSA) is 59.1 Å². The lowest BCUT2D eigenvalue weighted by atomic mass is 10.1. The summed E-state index contributed by atoms with van der Waals surface area (Å²) in [6.45, 7) is 1.33. The number of carbonyl (C=O) groups is 2. The van der Waals surface area contributed by atoms with Crippen LogP contribution in [0.25, 0.3) is 10.8 Å². The van der Waals surface area contributed by atoms with Crippen LogP contribution >= 0.6 is 0 Å². The first-order chi connectivity index (χ1) is 8.56. The fourth-order valence-corrected chi connectivity index (χ4v) is 1.70. The number of aromatic nitrogens is 1. The zero-order valence-electron chi connectivity index (χ0n) is 9.74. The molecule has 1 amide bonds. The number of Topliss-reactive ketones (excluding diaryl/α,β-unsaturated/α-hetero) is 1. The Balaban J connectivity index is 2.38. The number of anilines is 1. The van der Waals surface area contributed by atoms with Crippen LogP contribution in [0.2, 0.25) is 0 Å². The van der Waals surface area contributed by atoms with E-state index in [9.17, 15) is 14.0 Å². The second-order valence-electron chi connectivity index (χ2n) is 3.98. The molecule has 0 atom stereocenters. The monoisotopic (exact) mass is 246 g/mol. The lowest BCUT2D eigenvalue weighted by Crippen LogP contribution is -2.15. The van der Waals surface area contributed by atoms with Crippen LogP contribution in [-0.4, -0.2) is 16.7 Å². The summed E-state index contributed by atoms with van der Waals surface area (Å²) in [6, 6.07) is 4.24. The van der Waals surface area contributed by atoms with Gasteiger partial charge < -0.3 is 5.32 Å². The predicted octanol–water partition coefficient (Wildman–Crippen LogP) is 2.29. The van der Waals surface area contributed by atoms with Crippen molar-refractivity contribution in [3.63, 3.8) is 0 Å². The molecule has 0 saturated carbocycles. The van der Waals surface area contributed by atoms with E-state index in [-0.39, 0.29) is 12.2 Å². The van der Waals surface area contributed by atoms with E-state index >= 15 is 0 Å². The molecule has 92 valence electrons. The van der Waals surface area contributed by atoms with Crippen molar-refractivity contribution < 1.29 is 14.0 Å². The Morgan fingerprint density at radius 3 is 2.89 bits per heavy atom. The molecule has 0 aliphatic carbocycles. The molecule has 0 aliphatic rings. The van der Waals surface area contributed by atoms with Gasteiger partial charge in [0.2, 0.25) is 5.91 Å². The number of carbonyl (C=O) groups excluding carboxylic acids is 2. The summed E-state index contributed by atoms with van der Waals surface area (Å²) in [6.07, 6.45) is 2.85. The minimum absolute atomic E-state index is 0.219. The Bertz CT molecular complexity index is 625. The van der Waals surface area contributed by atoms with E-state index in [1.54, 1.807) is 12.3 Å². The van der Waals surface area contributed by atoms with E-state index in [2.05, 4.69) is 10.3 Å². The standard InChI is InChI=1S/C13H11FN2O2/c1-8(17)4-13(18)16-12-6-10(14)5-9-7-15-3-2-11(9)12/h2-3,5-7H,4H2,1H3,(H,16,18). The number of nitrogens with one attached hydrogen (secondary N) is 1. The summed E-state index contributed by atoms with van der Waals surface area (Å²) in [4.78, 5) is 26.2. The van der Waals surface area contributed by atoms with Crippen molar-refractivity contribution in [3.05, 3.63) is 36.4 Å². The maximum Gasteiger partial charge on any atom is 0.231 e. The van der Waals surface area contributed by atoms with Gasteiger partial charge in [-0.15, -0.1) is 0 Å². The number of benzene rings is 1. The molecule has 1 N–H and O–H groups in total. The van der Waals surface area contributed by atoms with Crippen molar-refractivity contribution >= 4 is 28.2 Å². The maximum absolute atomic E-state index is 13.4. The molecule has 0 unspecified atom stereocenters. The van der Waals surface area contributed by atoms with Crippen LogP contribution in [0.5, 0.6) is 0 Å². The fraction of sp³-hybridized carbons (Fsp3) is 0.154. The average molecular weight is 246 g/mol. The van der Waals surface area contributed by atoms with E-state index in [1.165, 1.54) is 25.3 Å². The molecule has 1 aromatic heterocycles. The minimum Gasteiger partial charge on any atom is -0.325 e. The van der Waals surface area contributed by atoms with Crippen molar-refractivity contribution in [1.82, 2.24) is 4.98 Å². The third kappa shape index (κ3) is 2.68. The molecular formula is C13H11FN2O2. The quantitative estimate of drug-likeness (QED) is 0.845. The zero-order chi connectivity index (χ0) is 13.1. The van der Waals surface area contributed by atoms with E-state index in [0.29, 0.717) is 16.5 Å². The summed E-state index contributed by atoms with van der Waals surface area (Å²) < 4.78 is 13.4. The number of hydrogen-bond donors (Lipinski definition) is 1. The first-order valence-electron chi connectivity index (χ1n) is 5.39. The van der Waals surface area contributed by atoms with Crippen molar-refractivity contribution in [2.75, 3.05) is 5.32 Å². The van der Waals surface area contributed by atoms with Crippen LogP contribution in [0.15, 0.2) is 30.6 Å². The third-order valence-corrected chi connectivity index (χ3v) is 2.40. The Kier molecular flexibility index (Phi) is 3.32. The van der Waals surface area contributed by atoms with Gasteiger partial charge in [0.05, 0.1) is 12.1 Å². The van der Waals surface area contributed by atoms with Gasteiger partial charge in [0.1, 0.15) is 11.6 Å². The third-order valence-electron chi connectivity index (χ3n) is 2.40. The highest BCUT2D eigenvalue weighted by Crippen LogP contribution is 2.24. The number of hydrogen-bond acceptors (Lipinski definition) is 3. The molecule has 4 nitrogen and oxygen atoms in total. The number of amides is 1. The predicted molar refractivity (Wildman–Crippen MR) is 65.6 cm³/mol. The van der Waals surface area contributed by atoms with E-state index in [0.717, 1.165) is 0 Å². The van der Waals surface area contributed by atoms with Crippen molar-refractivity contribution in [3.8, 4) is 0 Å². The van der Waals surface area contributed by atoms with Gasteiger partial charge in [0, 0.05) is 23.2 Å². The van der Waals surface area contributed by atoms with Gasteiger partial charge in [-0.2, -0.15) is 0 Å². The largest absolute Gasteiger partial charge is 0.325 e. The molecule has 0 radical (unpaired) electrons. The van der Waals surface area contributed by atoms with Gasteiger partial charge in [-0.05, 0) is 25.1 Å². The maximum atomic E-state index is 13.4. The molecule has 0 spiro atoms. The summed E-state index contributed by atoms with van der Waals surface area (Å²) in [7, 11) is 0. The van der Waals surface area contributed by atoms with Crippen molar-refractivity contribution in [2.45, 2.75) is 13.3 Å². The molecular weight excluding hydrogens is 235 g/mol. The molecule has 2 aromatic rings. The second-order valence-corrected chi connectivity index (χ2v) is 3.98. The fourth-order valence-electron chi connectivity index (χ4n) is 1.70. The van der Waals surface area contributed by atoms with Crippen LogP contribution in [-0.2, 0) is 9.59 Å². The van der Waals surface area contributed by atoms with Gasteiger partial charge in [0.15, 0.2) is 0 Å². The van der Waals surface area contributed by atoms with Crippen LogP contribution in [0.1, 0.15) is 13.3 Å². The van der Waals surface area contributed by atoms with Crippen molar-refractivity contribution in [1.29, 1.82) is 0 Å². The lowest BCUT2D eigenvalue weighted by molar-refractivity contribution is -0.124. The van der Waals surface area contributed by atoms with E-state index < -0.39 is 11.7 Å². The molecule has 2 rings (SSSR count). The Morgan fingerprint density at radius 1 is 1.39 bits per heavy atom. The first kappa shape index (κ1) is 12.2. The van der Waals surface area contributed by atoms with Gasteiger partial charge in [0.25, 0.3) is 0 Å². The highest BCUT2D eigenvalue weighted by atomic mass is 19.1. The molecule has 0 bridgehead atoms. The summed E-state index contributed by atoms with van der Waals surface area (Å²) in [5, 5.41) is 3.81. The summed E-state index contributed by atoms with van der Waals surface area (Å²) in [5.74, 6) is -1.16. The highest BCUT2D eigenvalue weighted by Gasteiger charge is 2.09. The number of pyridine rings is 1. The molecule has 0 fully saturated rings. The molecule has 1 heterocycles. The van der Waals surface area contributed by atoms with Gasteiger partial charge in [-0.3, -0.25) is 14.6 Å². The molecule has 18 heavy (non-hydrogen) atoms. The number of nitrogens with zero attached hydrogens (tertiary/aromatic N) is 1. The van der Waals surface area contributed by atoms with Gasteiger partial charge in [-0.25, -0.2) is 4.39 Å². The highest BCUT2D eigenvalue weighted by molar-refractivity contribution is 6.07. The number of ketones is 1. The van der Waals surface area contributed by atoms with Gasteiger partial charge in [-0.1, -0.05) is 0 Å². The molecule has 1 aromatic carbocycles. The van der Waals surface area contributed by atoms with Gasteiger partial charge >= 0.3 is 0 Å². The van der Waals surface area contributed by atoms with E-state index in [4.69, 9.17) is 0 Å². The van der Waals surface area contributed by atoms with Crippen LogP contribution in [0, 0.1) is 5.82 Å². The molecule has 5 heteroatoms. The smallest absolute Gasteiger partial charge is 0.231 e. The Hall–Kier alpha value is -2.30. The normalized spacial score (nSPS) is 10.3. The number of halogens is 1. The van der Waals surface area contributed by atoms with E-state index in [1.807, 2.05) is 0 Å². The van der Waals surface area contributed by atoms with Crippen LogP contribution in [0.3, 0.4) is 0 Å². The average Bonchev–Trinajstić information content (AvgIpc) is 2.27. The van der Waals surface area contributed by atoms with Crippen LogP contribution in [0.4, 0.5) is 10.1 Å². The lowest BCUT2D eigenvalue weighted by Gasteiger charge is -2.08. The number of rotatable bonds is 3. The minimum atomic E-state index is -0.464. The molecule has 0 saturated heterocycles. The summed E-state index contributed by atoms with van der Waals surface area (Å²) in [5.41, 5.74) is 0.346. The zero-order valence-corrected chi connectivity index (χ0v) is 9.74.